The van der Waals surface area contributed by atoms with E-state index in [1.165, 1.54) is 12.8 Å². The SMILES string of the molecule is CCC(c1nc(-c2ccc(OCCCN(CC)CC)cc2)cn1-c1ccc(Oc2ccc(Cl)cc2)cc1)C1CCNCC1. The van der Waals surface area contributed by atoms with Crippen LogP contribution in [0, 0.1) is 5.92 Å². The van der Waals surface area contributed by atoms with Gasteiger partial charge in [0.15, 0.2) is 0 Å². The molecule has 228 valence electrons. The highest BCUT2D eigenvalue weighted by Crippen LogP contribution is 2.36. The van der Waals surface area contributed by atoms with Crippen LogP contribution in [0.2, 0.25) is 5.02 Å². The van der Waals surface area contributed by atoms with Crippen LogP contribution in [0.1, 0.15) is 58.2 Å². The molecule has 43 heavy (non-hydrogen) atoms. The molecule has 1 atom stereocenters. The summed E-state index contributed by atoms with van der Waals surface area (Å²) in [7, 11) is 0. The van der Waals surface area contributed by atoms with Crippen molar-refractivity contribution in [3.8, 4) is 34.2 Å². The van der Waals surface area contributed by atoms with Crippen molar-refractivity contribution < 1.29 is 9.47 Å². The van der Waals surface area contributed by atoms with E-state index in [1.54, 1.807) is 0 Å². The van der Waals surface area contributed by atoms with Crippen LogP contribution in [0.3, 0.4) is 0 Å². The van der Waals surface area contributed by atoms with Crippen LogP contribution in [0.15, 0.2) is 79.0 Å². The molecule has 1 aliphatic rings. The zero-order valence-corrected chi connectivity index (χ0v) is 26.5. The van der Waals surface area contributed by atoms with Crippen molar-refractivity contribution in [1.82, 2.24) is 19.8 Å². The van der Waals surface area contributed by atoms with Crippen LogP contribution >= 0.6 is 11.6 Å². The molecule has 5 rings (SSSR count). The molecule has 1 saturated heterocycles. The molecular formula is C36H45ClN4O2. The fraction of sp³-hybridized carbons (Fsp3) is 0.417. The molecule has 7 heteroatoms. The Morgan fingerprint density at radius 2 is 1.51 bits per heavy atom. The van der Waals surface area contributed by atoms with Gasteiger partial charge in [-0.2, -0.15) is 0 Å². The van der Waals surface area contributed by atoms with Crippen LogP contribution in [-0.4, -0.2) is 53.8 Å². The van der Waals surface area contributed by atoms with Crippen LogP contribution in [0.4, 0.5) is 0 Å². The normalized spacial score (nSPS) is 14.6. The fourth-order valence-corrected chi connectivity index (χ4v) is 6.15. The number of aromatic nitrogens is 2. The molecule has 0 amide bonds. The van der Waals surface area contributed by atoms with E-state index in [9.17, 15) is 0 Å². The number of nitrogens with zero attached hydrogens (tertiary/aromatic N) is 3. The minimum Gasteiger partial charge on any atom is -0.494 e. The monoisotopic (exact) mass is 600 g/mol. The van der Waals surface area contributed by atoms with Crippen LogP contribution < -0.4 is 14.8 Å². The summed E-state index contributed by atoms with van der Waals surface area (Å²) < 4.78 is 14.4. The Balaban J connectivity index is 1.36. The lowest BCUT2D eigenvalue weighted by atomic mass is 9.82. The molecule has 1 fully saturated rings. The smallest absolute Gasteiger partial charge is 0.127 e. The Hall–Kier alpha value is -3.32. The summed E-state index contributed by atoms with van der Waals surface area (Å²) in [6.45, 7) is 12.8. The van der Waals surface area contributed by atoms with Gasteiger partial charge in [0.05, 0.1) is 12.3 Å². The second-order valence-electron chi connectivity index (χ2n) is 11.3. The quantitative estimate of drug-likeness (QED) is 0.147. The van der Waals surface area contributed by atoms with Gasteiger partial charge >= 0.3 is 0 Å². The summed E-state index contributed by atoms with van der Waals surface area (Å²) in [5, 5.41) is 4.22. The van der Waals surface area contributed by atoms with Gasteiger partial charge < -0.3 is 24.3 Å². The highest BCUT2D eigenvalue weighted by Gasteiger charge is 2.28. The Labute approximate surface area is 262 Å². The summed E-state index contributed by atoms with van der Waals surface area (Å²) in [6.07, 6.45) is 6.62. The van der Waals surface area contributed by atoms with Gasteiger partial charge in [-0.3, -0.25) is 0 Å². The third kappa shape index (κ3) is 8.20. The summed E-state index contributed by atoms with van der Waals surface area (Å²) in [6, 6.07) is 24.1. The third-order valence-electron chi connectivity index (χ3n) is 8.55. The molecule has 1 aromatic heterocycles. The molecule has 0 radical (unpaired) electrons. The Kier molecular flexibility index (Phi) is 11.2. The predicted octanol–water partition coefficient (Wildman–Crippen LogP) is 8.59. The summed E-state index contributed by atoms with van der Waals surface area (Å²) in [5.74, 6) is 4.57. The van der Waals surface area contributed by atoms with Crippen molar-refractivity contribution in [2.45, 2.75) is 52.4 Å². The van der Waals surface area contributed by atoms with Crippen LogP contribution in [-0.2, 0) is 0 Å². The first kappa shape index (κ1) is 31.1. The molecule has 1 aliphatic heterocycles. The molecule has 0 saturated carbocycles. The topological polar surface area (TPSA) is 51.5 Å². The maximum Gasteiger partial charge on any atom is 0.127 e. The standard InChI is InChI=1S/C36H45ClN4O2/c1-4-34(27-20-22-38-23-21-27)36-39-35(28-8-14-31(15-9-28)42-25-7-24-40(5-2)6-3)26-41(36)30-12-18-33(19-13-30)43-32-16-10-29(37)11-17-32/h8-19,26-27,34,38H,4-7,20-25H2,1-3H3. The lowest BCUT2D eigenvalue weighted by Crippen LogP contribution is -2.31. The largest absolute Gasteiger partial charge is 0.494 e. The van der Waals surface area contributed by atoms with Gasteiger partial charge in [0, 0.05) is 34.9 Å². The average molecular weight is 601 g/mol. The maximum absolute atomic E-state index is 6.06. The number of imidazole rings is 1. The minimum absolute atomic E-state index is 0.384. The number of piperidine rings is 1. The van der Waals surface area contributed by atoms with Crippen LogP contribution in [0.5, 0.6) is 17.2 Å². The van der Waals surface area contributed by atoms with Gasteiger partial charge in [-0.1, -0.05) is 32.4 Å². The average Bonchev–Trinajstić information content (AvgIpc) is 3.49. The number of ether oxygens (including phenoxy) is 2. The number of hydrogen-bond donors (Lipinski definition) is 1. The molecule has 0 spiro atoms. The van der Waals surface area contributed by atoms with Crippen molar-refractivity contribution in [1.29, 1.82) is 0 Å². The number of benzene rings is 3. The first-order valence-corrected chi connectivity index (χ1v) is 16.2. The lowest BCUT2D eigenvalue weighted by molar-refractivity contribution is 0.249. The fourth-order valence-electron chi connectivity index (χ4n) is 6.03. The van der Waals surface area contributed by atoms with E-state index in [1.807, 2.05) is 36.4 Å². The second kappa shape index (κ2) is 15.4. The molecule has 2 heterocycles. The predicted molar refractivity (Wildman–Crippen MR) is 177 cm³/mol. The zero-order chi connectivity index (χ0) is 30.0. The second-order valence-corrected chi connectivity index (χ2v) is 11.7. The molecule has 6 nitrogen and oxygen atoms in total. The number of rotatable bonds is 14. The van der Waals surface area contributed by atoms with Crippen molar-refractivity contribution >= 4 is 11.6 Å². The Bertz CT molecular complexity index is 1390. The number of halogens is 1. The summed E-state index contributed by atoms with van der Waals surface area (Å²) >= 11 is 6.03. The number of nitrogens with one attached hydrogen (secondary N) is 1. The van der Waals surface area contributed by atoms with Gasteiger partial charge in [0.2, 0.25) is 0 Å². The Morgan fingerprint density at radius 1 is 0.884 bits per heavy atom. The van der Waals surface area contributed by atoms with Gasteiger partial charge in [0.1, 0.15) is 23.1 Å². The Morgan fingerprint density at radius 3 is 2.14 bits per heavy atom. The highest BCUT2D eigenvalue weighted by molar-refractivity contribution is 6.30. The van der Waals surface area contributed by atoms with Crippen molar-refractivity contribution in [3.05, 3.63) is 89.8 Å². The van der Waals surface area contributed by atoms with Crippen molar-refractivity contribution in [3.63, 3.8) is 0 Å². The van der Waals surface area contributed by atoms with E-state index in [2.05, 4.69) is 78.2 Å². The molecule has 1 unspecified atom stereocenters. The van der Waals surface area contributed by atoms with Gasteiger partial charge in [-0.15, -0.1) is 0 Å². The van der Waals surface area contributed by atoms with Crippen molar-refractivity contribution in [2.24, 2.45) is 5.92 Å². The van der Waals surface area contributed by atoms with E-state index in [0.717, 1.165) is 92.2 Å². The summed E-state index contributed by atoms with van der Waals surface area (Å²) in [4.78, 5) is 7.72. The van der Waals surface area contributed by atoms with E-state index in [0.29, 0.717) is 16.9 Å². The van der Waals surface area contributed by atoms with Crippen LogP contribution in [0.25, 0.3) is 16.9 Å². The minimum atomic E-state index is 0.384. The van der Waals surface area contributed by atoms with Gasteiger partial charge in [0.25, 0.3) is 0 Å². The number of hydrogen-bond acceptors (Lipinski definition) is 5. The van der Waals surface area contributed by atoms with E-state index in [4.69, 9.17) is 26.1 Å². The third-order valence-corrected chi connectivity index (χ3v) is 8.81. The molecular weight excluding hydrogens is 556 g/mol. The molecule has 1 N–H and O–H groups in total. The lowest BCUT2D eigenvalue weighted by Gasteiger charge is -2.30. The first-order chi connectivity index (χ1) is 21.1. The maximum atomic E-state index is 6.06. The van der Waals surface area contributed by atoms with Gasteiger partial charge in [-0.05, 0) is 131 Å². The molecule has 0 aliphatic carbocycles. The van der Waals surface area contributed by atoms with Crippen molar-refractivity contribution in [2.75, 3.05) is 39.3 Å². The van der Waals surface area contributed by atoms with E-state index < -0.39 is 0 Å². The molecule has 4 aromatic rings. The van der Waals surface area contributed by atoms with E-state index >= 15 is 0 Å². The molecule has 0 bridgehead atoms. The highest BCUT2D eigenvalue weighted by atomic mass is 35.5. The molecule has 3 aromatic carbocycles. The zero-order valence-electron chi connectivity index (χ0n) is 25.8. The first-order valence-electron chi connectivity index (χ1n) is 15.9. The summed E-state index contributed by atoms with van der Waals surface area (Å²) in [5.41, 5.74) is 3.16. The van der Waals surface area contributed by atoms with E-state index in [-0.39, 0.29) is 0 Å². The van der Waals surface area contributed by atoms with Gasteiger partial charge in [-0.25, -0.2) is 4.98 Å².